The highest BCUT2D eigenvalue weighted by Crippen LogP contribution is 2.23. The first-order chi connectivity index (χ1) is 10.7. The minimum absolute atomic E-state index is 0.738. The predicted molar refractivity (Wildman–Crippen MR) is 93.2 cm³/mol. The van der Waals surface area contributed by atoms with Crippen LogP contribution in [0, 0.1) is 6.92 Å². The van der Waals surface area contributed by atoms with Crippen LogP contribution in [0.4, 0.5) is 5.69 Å². The van der Waals surface area contributed by atoms with Crippen LogP contribution in [0.1, 0.15) is 11.3 Å². The van der Waals surface area contributed by atoms with Gasteiger partial charge in [-0.2, -0.15) is 0 Å². The number of pyridine rings is 1. The third kappa shape index (κ3) is 3.46. The SMILES string of the molecule is Cc1nc(-c2ccc(Cl)cc2)ccc1NCc1ccccc1. The number of nitrogens with zero attached hydrogens (tertiary/aromatic N) is 1. The number of aromatic nitrogens is 1. The first-order valence-electron chi connectivity index (χ1n) is 7.24. The Bertz CT molecular complexity index is 752. The first kappa shape index (κ1) is 14.6. The Morgan fingerprint density at radius 2 is 1.64 bits per heavy atom. The van der Waals surface area contributed by atoms with Gasteiger partial charge in [0, 0.05) is 17.1 Å². The predicted octanol–water partition coefficient (Wildman–Crippen LogP) is 5.32. The van der Waals surface area contributed by atoms with E-state index in [9.17, 15) is 0 Å². The number of anilines is 1. The molecule has 1 aromatic heterocycles. The van der Waals surface area contributed by atoms with Crippen LogP contribution >= 0.6 is 11.6 Å². The van der Waals surface area contributed by atoms with Crippen molar-refractivity contribution >= 4 is 17.3 Å². The minimum Gasteiger partial charge on any atom is -0.380 e. The molecule has 1 heterocycles. The number of hydrogen-bond acceptors (Lipinski definition) is 2. The quantitative estimate of drug-likeness (QED) is 0.705. The van der Waals surface area contributed by atoms with Gasteiger partial charge in [-0.15, -0.1) is 0 Å². The van der Waals surface area contributed by atoms with Crippen molar-refractivity contribution in [2.75, 3.05) is 5.32 Å². The van der Waals surface area contributed by atoms with Crippen LogP contribution in [0.5, 0.6) is 0 Å². The van der Waals surface area contributed by atoms with E-state index in [0.29, 0.717) is 0 Å². The molecule has 0 aliphatic rings. The van der Waals surface area contributed by atoms with Crippen molar-refractivity contribution < 1.29 is 0 Å². The molecule has 0 saturated heterocycles. The number of nitrogens with one attached hydrogen (secondary N) is 1. The summed E-state index contributed by atoms with van der Waals surface area (Å²) in [5.74, 6) is 0. The van der Waals surface area contributed by atoms with Gasteiger partial charge in [0.15, 0.2) is 0 Å². The van der Waals surface area contributed by atoms with Crippen LogP contribution in [0.3, 0.4) is 0 Å². The number of aryl methyl sites for hydroxylation is 1. The molecule has 0 radical (unpaired) electrons. The van der Waals surface area contributed by atoms with Gasteiger partial charge in [0.2, 0.25) is 0 Å². The second-order valence-electron chi connectivity index (χ2n) is 5.18. The summed E-state index contributed by atoms with van der Waals surface area (Å²) in [7, 11) is 0. The minimum atomic E-state index is 0.738. The summed E-state index contributed by atoms with van der Waals surface area (Å²) in [4.78, 5) is 4.68. The van der Waals surface area contributed by atoms with Crippen molar-refractivity contribution in [1.29, 1.82) is 0 Å². The number of rotatable bonds is 4. The van der Waals surface area contributed by atoms with E-state index in [1.54, 1.807) is 0 Å². The van der Waals surface area contributed by atoms with E-state index in [1.165, 1.54) is 5.56 Å². The first-order valence-corrected chi connectivity index (χ1v) is 7.61. The Labute approximate surface area is 135 Å². The standard InChI is InChI=1S/C19H17ClN2/c1-14-18(21-13-15-5-3-2-4-6-15)11-12-19(22-14)16-7-9-17(20)10-8-16/h2-12,21H,13H2,1H3. The molecular weight excluding hydrogens is 292 g/mol. The molecule has 0 spiro atoms. The fourth-order valence-corrected chi connectivity index (χ4v) is 2.45. The Kier molecular flexibility index (Phi) is 4.40. The van der Waals surface area contributed by atoms with Gasteiger partial charge in [0.05, 0.1) is 17.1 Å². The Balaban J connectivity index is 1.76. The van der Waals surface area contributed by atoms with Crippen LogP contribution < -0.4 is 5.32 Å². The molecule has 0 aliphatic carbocycles. The van der Waals surface area contributed by atoms with Crippen molar-refractivity contribution in [3.05, 3.63) is 83.0 Å². The summed E-state index contributed by atoms with van der Waals surface area (Å²) in [6.45, 7) is 2.82. The van der Waals surface area contributed by atoms with Gasteiger partial charge in [0.1, 0.15) is 0 Å². The van der Waals surface area contributed by atoms with E-state index >= 15 is 0 Å². The normalized spacial score (nSPS) is 10.5. The number of hydrogen-bond donors (Lipinski definition) is 1. The lowest BCUT2D eigenvalue weighted by molar-refractivity contribution is 1.11. The number of halogens is 1. The molecule has 0 saturated carbocycles. The lowest BCUT2D eigenvalue weighted by Gasteiger charge is -2.11. The second-order valence-corrected chi connectivity index (χ2v) is 5.61. The molecule has 3 heteroatoms. The highest BCUT2D eigenvalue weighted by molar-refractivity contribution is 6.30. The lowest BCUT2D eigenvalue weighted by Crippen LogP contribution is -2.02. The van der Waals surface area contributed by atoms with Gasteiger partial charge in [-0.3, -0.25) is 4.98 Å². The van der Waals surface area contributed by atoms with E-state index < -0.39 is 0 Å². The zero-order chi connectivity index (χ0) is 15.4. The van der Waals surface area contributed by atoms with E-state index in [4.69, 9.17) is 11.6 Å². The van der Waals surface area contributed by atoms with Gasteiger partial charge >= 0.3 is 0 Å². The molecule has 2 nitrogen and oxygen atoms in total. The summed E-state index contributed by atoms with van der Waals surface area (Å²) < 4.78 is 0. The molecular formula is C19H17ClN2. The topological polar surface area (TPSA) is 24.9 Å². The highest BCUT2D eigenvalue weighted by atomic mass is 35.5. The molecule has 1 N–H and O–H groups in total. The van der Waals surface area contributed by atoms with Crippen molar-refractivity contribution in [3.63, 3.8) is 0 Å². The lowest BCUT2D eigenvalue weighted by atomic mass is 10.1. The second kappa shape index (κ2) is 6.63. The molecule has 110 valence electrons. The van der Waals surface area contributed by atoms with Crippen LogP contribution in [-0.2, 0) is 6.54 Å². The van der Waals surface area contributed by atoms with Gasteiger partial charge in [0.25, 0.3) is 0 Å². The Hall–Kier alpha value is -2.32. The summed E-state index contributed by atoms with van der Waals surface area (Å²) in [6, 6.07) is 22.2. The van der Waals surface area contributed by atoms with Crippen LogP contribution in [0.2, 0.25) is 5.02 Å². The fourth-order valence-electron chi connectivity index (χ4n) is 2.32. The molecule has 0 amide bonds. The molecule has 3 rings (SSSR count). The summed E-state index contributed by atoms with van der Waals surface area (Å²) in [5.41, 5.74) is 5.33. The molecule has 0 aliphatic heterocycles. The highest BCUT2D eigenvalue weighted by Gasteiger charge is 2.04. The van der Waals surface area contributed by atoms with Gasteiger partial charge < -0.3 is 5.32 Å². The number of benzene rings is 2. The van der Waals surface area contributed by atoms with Gasteiger partial charge in [-0.1, -0.05) is 54.1 Å². The molecule has 0 unspecified atom stereocenters. The fraction of sp³-hybridized carbons (Fsp3) is 0.105. The van der Waals surface area contributed by atoms with E-state index in [-0.39, 0.29) is 0 Å². The average Bonchev–Trinajstić information content (AvgIpc) is 2.55. The van der Waals surface area contributed by atoms with Crippen molar-refractivity contribution in [2.24, 2.45) is 0 Å². The smallest absolute Gasteiger partial charge is 0.0706 e. The van der Waals surface area contributed by atoms with Crippen molar-refractivity contribution in [2.45, 2.75) is 13.5 Å². The Morgan fingerprint density at radius 1 is 0.909 bits per heavy atom. The summed E-state index contributed by atoms with van der Waals surface area (Å²) >= 11 is 5.92. The zero-order valence-electron chi connectivity index (χ0n) is 12.4. The van der Waals surface area contributed by atoms with Crippen LogP contribution in [0.15, 0.2) is 66.7 Å². The molecule has 0 fully saturated rings. The van der Waals surface area contributed by atoms with Crippen LogP contribution in [-0.4, -0.2) is 4.98 Å². The third-order valence-electron chi connectivity index (χ3n) is 3.55. The molecule has 3 aromatic rings. The third-order valence-corrected chi connectivity index (χ3v) is 3.80. The average molecular weight is 309 g/mol. The van der Waals surface area contributed by atoms with Crippen LogP contribution in [0.25, 0.3) is 11.3 Å². The monoisotopic (exact) mass is 308 g/mol. The maximum atomic E-state index is 5.92. The van der Waals surface area contributed by atoms with E-state index in [0.717, 1.165) is 34.2 Å². The zero-order valence-corrected chi connectivity index (χ0v) is 13.1. The maximum absolute atomic E-state index is 5.92. The Morgan fingerprint density at radius 3 is 2.32 bits per heavy atom. The largest absolute Gasteiger partial charge is 0.380 e. The molecule has 22 heavy (non-hydrogen) atoms. The van der Waals surface area contributed by atoms with Crippen molar-refractivity contribution in [1.82, 2.24) is 4.98 Å². The molecule has 0 bridgehead atoms. The molecule has 2 aromatic carbocycles. The van der Waals surface area contributed by atoms with E-state index in [2.05, 4.69) is 28.5 Å². The van der Waals surface area contributed by atoms with Gasteiger partial charge in [-0.25, -0.2) is 0 Å². The maximum Gasteiger partial charge on any atom is 0.0706 e. The summed E-state index contributed by atoms with van der Waals surface area (Å²) in [5, 5.41) is 4.17. The molecule has 0 atom stereocenters. The van der Waals surface area contributed by atoms with Crippen molar-refractivity contribution in [3.8, 4) is 11.3 Å². The van der Waals surface area contributed by atoms with E-state index in [1.807, 2.05) is 55.5 Å². The summed E-state index contributed by atoms with van der Waals surface area (Å²) in [6.07, 6.45) is 0. The van der Waals surface area contributed by atoms with Gasteiger partial charge in [-0.05, 0) is 36.8 Å².